The monoisotopic (exact) mass is 499 g/mol. The third-order valence-corrected chi connectivity index (χ3v) is 8.73. The predicted octanol–water partition coefficient (Wildman–Crippen LogP) is -0.880. The van der Waals surface area contributed by atoms with E-state index >= 15 is 0 Å². The molecule has 2 bridgehead atoms. The largest absolute Gasteiger partial charge is 1.00 e. The summed E-state index contributed by atoms with van der Waals surface area (Å²) in [6, 6.07) is 4.03. The summed E-state index contributed by atoms with van der Waals surface area (Å²) < 4.78 is 13.2. The molecule has 2 N–H and O–H groups in total. The van der Waals surface area contributed by atoms with Crippen molar-refractivity contribution in [2.75, 3.05) is 27.2 Å². The molecule has 2 saturated carbocycles. The van der Waals surface area contributed by atoms with E-state index in [9.17, 15) is 10.2 Å². The Labute approximate surface area is 183 Å². The van der Waals surface area contributed by atoms with Crippen LogP contribution in [-0.2, 0) is 16.6 Å². The summed E-state index contributed by atoms with van der Waals surface area (Å²) in [5.41, 5.74) is 1.11. The van der Waals surface area contributed by atoms with Crippen molar-refractivity contribution < 1.29 is 48.1 Å². The highest BCUT2D eigenvalue weighted by Gasteiger charge is 2.76. The normalized spacial score (nSPS) is 45.0. The van der Waals surface area contributed by atoms with E-state index in [4.69, 9.17) is 9.47 Å². The first kappa shape index (κ1) is 19.4. The molecule has 0 aromatic heterocycles. The number of halogens is 1. The maximum Gasteiger partial charge on any atom is 0.165 e. The Morgan fingerprint density at radius 1 is 1.25 bits per heavy atom. The second kappa shape index (κ2) is 5.99. The molecular weight excluding hydrogens is 469 g/mol. The highest BCUT2D eigenvalue weighted by atomic mass is 127. The number of phenolic OH excluding ortho intramolecular Hbond substituents is 1. The summed E-state index contributed by atoms with van der Waals surface area (Å²) in [4.78, 5) is 0. The van der Waals surface area contributed by atoms with Crippen LogP contribution in [0.3, 0.4) is 0 Å². The average Bonchev–Trinajstić information content (AvgIpc) is 3.37. The summed E-state index contributed by atoms with van der Waals surface area (Å²) in [7, 11) is 4.11. The molecule has 2 heterocycles. The lowest BCUT2D eigenvalue weighted by Gasteiger charge is -2.65. The number of piperidine rings is 1. The molecule has 28 heavy (non-hydrogen) atoms. The van der Waals surface area contributed by atoms with Crippen molar-refractivity contribution in [3.8, 4) is 11.5 Å². The molecule has 6 atom stereocenters. The Kier molecular flexibility index (Phi) is 4.15. The first-order valence-electron chi connectivity index (χ1n) is 10.5. The molecule has 1 aromatic carbocycles. The van der Waals surface area contributed by atoms with Gasteiger partial charge in [0.1, 0.15) is 17.7 Å². The van der Waals surface area contributed by atoms with Crippen molar-refractivity contribution in [3.05, 3.63) is 23.3 Å². The van der Waals surface area contributed by atoms with Crippen LogP contribution in [0.5, 0.6) is 11.5 Å². The minimum absolute atomic E-state index is 0. The molecule has 1 spiro atoms. The summed E-state index contributed by atoms with van der Waals surface area (Å²) in [6.45, 7) is 2.25. The quantitative estimate of drug-likeness (QED) is 0.419. The van der Waals surface area contributed by atoms with Gasteiger partial charge in [-0.15, -0.1) is 0 Å². The molecule has 0 amide bonds. The third-order valence-electron chi connectivity index (χ3n) is 8.73. The van der Waals surface area contributed by atoms with Gasteiger partial charge >= 0.3 is 0 Å². The van der Waals surface area contributed by atoms with E-state index in [0.29, 0.717) is 5.75 Å². The fraction of sp³-hybridized carbons (Fsp3) is 0.727. The zero-order chi connectivity index (χ0) is 18.6. The molecule has 2 aliphatic heterocycles. The molecule has 6 heteroatoms. The summed E-state index contributed by atoms with van der Waals surface area (Å²) in [6.07, 6.45) is 5.78. The van der Waals surface area contributed by atoms with Gasteiger partial charge in [-0.05, 0) is 37.3 Å². The van der Waals surface area contributed by atoms with Crippen LogP contribution in [0, 0.1) is 5.92 Å². The number of likely N-dealkylation sites (tertiary alicyclic amines) is 1. The van der Waals surface area contributed by atoms with Crippen molar-refractivity contribution in [1.29, 1.82) is 0 Å². The fourth-order valence-corrected chi connectivity index (χ4v) is 7.35. The smallest absolute Gasteiger partial charge is 0.165 e. The van der Waals surface area contributed by atoms with Crippen LogP contribution < -0.4 is 28.7 Å². The van der Waals surface area contributed by atoms with E-state index in [0.717, 1.165) is 48.2 Å². The molecule has 5 aliphatic rings. The van der Waals surface area contributed by atoms with Crippen LogP contribution in [0.1, 0.15) is 43.2 Å². The molecule has 3 fully saturated rings. The second-order valence-electron chi connectivity index (χ2n) is 9.99. The number of methoxy groups -OCH3 is 1. The van der Waals surface area contributed by atoms with Crippen molar-refractivity contribution in [1.82, 2.24) is 0 Å². The molecule has 6 rings (SSSR count). The Balaban J connectivity index is 0.00000171. The van der Waals surface area contributed by atoms with Gasteiger partial charge in [-0.3, -0.25) is 0 Å². The minimum Gasteiger partial charge on any atom is -1.00 e. The molecule has 3 aliphatic carbocycles. The highest BCUT2D eigenvalue weighted by molar-refractivity contribution is 5.62. The summed E-state index contributed by atoms with van der Waals surface area (Å²) in [5, 5.41) is 22.9. The number of likely N-dealkylation sites (N-methyl/N-ethyl adjacent to an activating group) is 1. The van der Waals surface area contributed by atoms with E-state index in [-0.39, 0.29) is 48.0 Å². The van der Waals surface area contributed by atoms with Gasteiger partial charge in [-0.2, -0.15) is 0 Å². The van der Waals surface area contributed by atoms with Crippen LogP contribution >= 0.6 is 0 Å². The van der Waals surface area contributed by atoms with E-state index in [1.54, 1.807) is 13.2 Å². The topological polar surface area (TPSA) is 58.9 Å². The van der Waals surface area contributed by atoms with Crippen LogP contribution in [0.2, 0.25) is 0 Å². The number of ether oxygens (including phenoxy) is 2. The lowest BCUT2D eigenvalue weighted by Crippen LogP contribution is -3.00. The Bertz CT molecular complexity index is 829. The zero-order valence-corrected chi connectivity index (χ0v) is 18.8. The first-order valence-corrected chi connectivity index (χ1v) is 10.5. The third kappa shape index (κ3) is 2.13. The number of quaternary nitrogens is 1. The molecule has 0 radical (unpaired) electrons. The van der Waals surface area contributed by atoms with Crippen molar-refractivity contribution in [2.24, 2.45) is 5.92 Å². The molecular formula is C22H30INO4. The molecule has 154 valence electrons. The van der Waals surface area contributed by atoms with Crippen molar-refractivity contribution in [2.45, 2.75) is 67.8 Å². The van der Waals surface area contributed by atoms with Gasteiger partial charge in [0.25, 0.3) is 0 Å². The minimum atomic E-state index is -0.791. The van der Waals surface area contributed by atoms with Gasteiger partial charge in [0.15, 0.2) is 11.5 Å². The molecule has 1 saturated heterocycles. The van der Waals surface area contributed by atoms with Crippen LogP contribution in [0.25, 0.3) is 0 Å². The van der Waals surface area contributed by atoms with Gasteiger partial charge in [0.05, 0.1) is 31.7 Å². The maximum atomic E-state index is 12.4. The van der Waals surface area contributed by atoms with E-state index in [2.05, 4.69) is 13.1 Å². The number of aromatic hydroxyl groups is 1. The number of nitrogens with zero attached hydrogens (tertiary/aromatic N) is 1. The van der Waals surface area contributed by atoms with E-state index < -0.39 is 11.0 Å². The lowest BCUT2D eigenvalue weighted by molar-refractivity contribution is -0.950. The van der Waals surface area contributed by atoms with E-state index in [1.165, 1.54) is 24.9 Å². The number of aliphatic hydroxyl groups is 1. The Morgan fingerprint density at radius 2 is 2.04 bits per heavy atom. The number of hydrogen-bond acceptors (Lipinski definition) is 4. The van der Waals surface area contributed by atoms with E-state index in [1.807, 2.05) is 0 Å². The number of hydrogen-bond donors (Lipinski definition) is 2. The van der Waals surface area contributed by atoms with Gasteiger partial charge in [-0.25, -0.2) is 0 Å². The molecule has 5 nitrogen and oxygen atoms in total. The van der Waals surface area contributed by atoms with Gasteiger partial charge in [-0.1, -0.05) is 6.07 Å². The second-order valence-corrected chi connectivity index (χ2v) is 9.99. The number of benzene rings is 1. The van der Waals surface area contributed by atoms with Crippen molar-refractivity contribution in [3.63, 3.8) is 0 Å². The summed E-state index contributed by atoms with van der Waals surface area (Å²) >= 11 is 0. The number of rotatable bonds is 3. The van der Waals surface area contributed by atoms with Crippen molar-refractivity contribution >= 4 is 0 Å². The summed E-state index contributed by atoms with van der Waals surface area (Å²) in [5.74, 6) is 1.64. The fourth-order valence-electron chi connectivity index (χ4n) is 7.35. The Hall–Kier alpha value is -0.570. The van der Waals surface area contributed by atoms with Gasteiger partial charge in [0.2, 0.25) is 0 Å². The average molecular weight is 499 g/mol. The zero-order valence-electron chi connectivity index (χ0n) is 16.7. The Morgan fingerprint density at radius 3 is 2.75 bits per heavy atom. The van der Waals surface area contributed by atoms with Crippen LogP contribution in [0.15, 0.2) is 12.1 Å². The first-order chi connectivity index (χ1) is 12.9. The maximum absolute atomic E-state index is 12.4. The highest BCUT2D eigenvalue weighted by Crippen LogP contribution is 2.66. The van der Waals surface area contributed by atoms with Gasteiger partial charge < -0.3 is 48.1 Å². The molecule has 1 unspecified atom stereocenters. The van der Waals surface area contributed by atoms with Crippen LogP contribution in [-0.4, -0.2) is 65.8 Å². The molecule has 1 aromatic rings. The standard InChI is InChI=1S/C22H29NO4.HI/c1-23(12-13-3-4-13)10-9-21-18-14-5-6-15(24)19(18)27-20(21)16(26-2)7-8-22(21,25)17(23)11-14;/h5-6,13,16-17,20,25H,3-4,7-12H2,1-2H3;1H/t16-,17+,20-,21-,22+,23?;/m0./s1. The lowest BCUT2D eigenvalue weighted by atomic mass is 9.48. The van der Waals surface area contributed by atoms with Gasteiger partial charge in [0, 0.05) is 31.4 Å². The SMILES string of the molecule is CO[C@H]1CC[C@@]2(O)[C@H]3Cc4ccc(O)c5c4[C@@]2(CC[N+]3(C)CC2CC2)[C@H]1O5.[I-]. The predicted molar refractivity (Wildman–Crippen MR) is 99.9 cm³/mol. The number of phenols is 1. The van der Waals surface area contributed by atoms with Crippen LogP contribution in [0.4, 0.5) is 0 Å².